The van der Waals surface area contributed by atoms with Gasteiger partial charge in [0.2, 0.25) is 5.79 Å². The molecule has 0 radical (unpaired) electrons. The number of carbonyl (C=O) groups excluding carboxylic acids is 2. The number of ether oxygens (including phenoxy) is 3. The van der Waals surface area contributed by atoms with Crippen molar-refractivity contribution in [3.8, 4) is 0 Å². The number of carbonyl (C=O) groups is 2. The Morgan fingerprint density at radius 2 is 2.15 bits per heavy atom. The predicted molar refractivity (Wildman–Crippen MR) is 56.1 cm³/mol. The lowest BCUT2D eigenvalue weighted by Gasteiger charge is -2.30. The van der Waals surface area contributed by atoms with Gasteiger partial charge >= 0.3 is 18.1 Å². The van der Waals surface area contributed by atoms with Gasteiger partial charge in [0.25, 0.3) is 0 Å². The number of cyclic esters (lactones) is 1. The van der Waals surface area contributed by atoms with Crippen molar-refractivity contribution in [2.45, 2.75) is 30.9 Å². The lowest BCUT2D eigenvalue weighted by molar-refractivity contribution is -0.222. The molecule has 3 aliphatic rings. The largest absolute Gasteiger partial charge is 0.465 e. The van der Waals surface area contributed by atoms with Crippen LogP contribution in [0.25, 0.3) is 0 Å². The molecule has 4 atom stereocenters. The highest BCUT2D eigenvalue weighted by Gasteiger charge is 2.68. The molecule has 8 heteroatoms. The molecule has 0 aromatic carbocycles. The average molecular weight is 292 g/mol. The van der Waals surface area contributed by atoms with E-state index >= 15 is 0 Å². The van der Waals surface area contributed by atoms with Crippen LogP contribution in [0, 0.1) is 11.8 Å². The van der Waals surface area contributed by atoms with Crippen LogP contribution in [0.1, 0.15) is 12.8 Å². The Bertz CT molecular complexity index is 500. The molecule has 0 aromatic heterocycles. The Kier molecular flexibility index (Phi) is 2.66. The van der Waals surface area contributed by atoms with Crippen LogP contribution in [0.15, 0.2) is 12.2 Å². The highest BCUT2D eigenvalue weighted by molar-refractivity contribution is 5.90. The highest BCUT2D eigenvalue weighted by Crippen LogP contribution is 2.55. The van der Waals surface area contributed by atoms with Crippen LogP contribution < -0.4 is 0 Å². The summed E-state index contributed by atoms with van der Waals surface area (Å²) in [6, 6.07) is 0. The Morgan fingerprint density at radius 1 is 1.45 bits per heavy atom. The van der Waals surface area contributed by atoms with Crippen LogP contribution in [0.5, 0.6) is 0 Å². The van der Waals surface area contributed by atoms with Gasteiger partial charge in [-0.05, 0) is 6.42 Å². The maximum Gasteiger partial charge on any atom is 0.422 e. The quantitative estimate of drug-likeness (QED) is 0.567. The van der Waals surface area contributed by atoms with Gasteiger partial charge in [-0.25, -0.2) is 4.79 Å². The summed E-state index contributed by atoms with van der Waals surface area (Å²) in [6.45, 7) is 2.83. The molecule has 2 bridgehead atoms. The number of hydrogen-bond acceptors (Lipinski definition) is 5. The van der Waals surface area contributed by atoms with Gasteiger partial charge in [0.05, 0.1) is 12.7 Å². The van der Waals surface area contributed by atoms with Crippen molar-refractivity contribution in [1.29, 1.82) is 0 Å². The molecular weight excluding hydrogens is 281 g/mol. The van der Waals surface area contributed by atoms with E-state index < -0.39 is 35.4 Å². The Balaban J connectivity index is 1.81. The minimum atomic E-state index is -4.88. The van der Waals surface area contributed by atoms with Crippen LogP contribution in [0.4, 0.5) is 13.2 Å². The van der Waals surface area contributed by atoms with E-state index in [2.05, 4.69) is 6.58 Å². The van der Waals surface area contributed by atoms with E-state index in [-0.39, 0.29) is 25.0 Å². The molecule has 110 valence electrons. The van der Waals surface area contributed by atoms with Gasteiger partial charge < -0.3 is 14.2 Å². The summed E-state index contributed by atoms with van der Waals surface area (Å²) < 4.78 is 52.5. The third kappa shape index (κ3) is 1.74. The first-order chi connectivity index (χ1) is 9.24. The monoisotopic (exact) mass is 292 g/mol. The third-order valence-corrected chi connectivity index (χ3v) is 4.03. The minimum absolute atomic E-state index is 0.147. The van der Waals surface area contributed by atoms with Crippen LogP contribution >= 0.6 is 0 Å². The second-order valence-electron chi connectivity index (χ2n) is 5.14. The van der Waals surface area contributed by atoms with Crippen LogP contribution in [0.2, 0.25) is 0 Å². The van der Waals surface area contributed by atoms with Crippen LogP contribution in [-0.2, 0) is 23.8 Å². The Morgan fingerprint density at radius 3 is 2.80 bits per heavy atom. The minimum Gasteiger partial charge on any atom is -0.465 e. The molecule has 5 nitrogen and oxygen atoms in total. The van der Waals surface area contributed by atoms with Crippen molar-refractivity contribution >= 4 is 11.9 Å². The van der Waals surface area contributed by atoms with Crippen molar-refractivity contribution in [3.05, 3.63) is 12.2 Å². The zero-order chi connectivity index (χ0) is 14.7. The molecule has 20 heavy (non-hydrogen) atoms. The van der Waals surface area contributed by atoms with E-state index in [1.807, 2.05) is 0 Å². The zero-order valence-corrected chi connectivity index (χ0v) is 10.2. The van der Waals surface area contributed by atoms with E-state index in [0.717, 1.165) is 0 Å². The molecule has 0 aromatic rings. The van der Waals surface area contributed by atoms with E-state index in [4.69, 9.17) is 14.2 Å². The van der Waals surface area contributed by atoms with E-state index in [1.54, 1.807) is 0 Å². The Hall–Kier alpha value is -1.57. The summed E-state index contributed by atoms with van der Waals surface area (Å²) >= 11 is 0. The molecule has 0 saturated carbocycles. The van der Waals surface area contributed by atoms with Crippen LogP contribution in [0.3, 0.4) is 0 Å². The maximum absolute atomic E-state index is 12.4. The summed E-state index contributed by atoms with van der Waals surface area (Å²) in [6.07, 6.45) is -4.49. The van der Waals surface area contributed by atoms with Gasteiger partial charge in [-0.15, -0.1) is 0 Å². The molecule has 3 saturated heterocycles. The first-order valence-electron chi connectivity index (χ1n) is 6.08. The summed E-state index contributed by atoms with van der Waals surface area (Å²) in [4.78, 5) is 23.2. The van der Waals surface area contributed by atoms with Gasteiger partial charge in [-0.1, -0.05) is 6.58 Å². The first-order valence-corrected chi connectivity index (χ1v) is 6.08. The molecule has 0 spiro atoms. The van der Waals surface area contributed by atoms with Gasteiger partial charge in [0.1, 0.15) is 11.5 Å². The molecule has 3 aliphatic heterocycles. The zero-order valence-electron chi connectivity index (χ0n) is 10.2. The second kappa shape index (κ2) is 3.97. The summed E-state index contributed by atoms with van der Waals surface area (Å²) in [7, 11) is 0. The van der Waals surface area contributed by atoms with E-state index in [0.29, 0.717) is 6.42 Å². The lowest BCUT2D eigenvalue weighted by atomic mass is 9.79. The van der Waals surface area contributed by atoms with Gasteiger partial charge in [0, 0.05) is 12.3 Å². The van der Waals surface area contributed by atoms with E-state index in [9.17, 15) is 22.8 Å². The molecule has 0 amide bonds. The van der Waals surface area contributed by atoms with Crippen molar-refractivity contribution in [3.63, 3.8) is 0 Å². The fraction of sp³-hybridized carbons (Fsp3) is 0.667. The maximum atomic E-state index is 12.4. The fourth-order valence-corrected chi connectivity index (χ4v) is 3.09. The number of hydrogen-bond donors (Lipinski definition) is 0. The SMILES string of the molecule is C=C(C(=O)OC12CCC(O1)C1COC(=O)C12)C(F)(F)F. The number of rotatable bonds is 2. The molecular formula is C12H11F3O5. The fourth-order valence-electron chi connectivity index (χ4n) is 3.09. The van der Waals surface area contributed by atoms with Gasteiger partial charge in [-0.3, -0.25) is 4.79 Å². The second-order valence-corrected chi connectivity index (χ2v) is 5.14. The van der Waals surface area contributed by atoms with Crippen molar-refractivity contribution in [2.24, 2.45) is 11.8 Å². The molecule has 3 fully saturated rings. The molecule has 4 unspecified atom stereocenters. The standard InChI is InChI=1S/C12H11F3O5/c1-5(12(13,14)15)9(16)20-11-3-2-7(19-11)6-4-18-10(17)8(6)11/h6-8H,1-4H2. The summed E-state index contributed by atoms with van der Waals surface area (Å²) in [5, 5.41) is 0. The highest BCUT2D eigenvalue weighted by atomic mass is 19.4. The number of halogens is 3. The molecule has 0 N–H and O–H groups in total. The number of alkyl halides is 3. The Labute approximate surface area is 111 Å². The number of fused-ring (bicyclic) bond motifs is 5. The van der Waals surface area contributed by atoms with E-state index in [1.165, 1.54) is 0 Å². The predicted octanol–water partition coefficient (Wildman–Crippen LogP) is 1.33. The normalized spacial score (nSPS) is 38.5. The smallest absolute Gasteiger partial charge is 0.422 e. The summed E-state index contributed by atoms with van der Waals surface area (Å²) in [5.41, 5.74) is -1.62. The first kappa shape index (κ1) is 13.4. The van der Waals surface area contributed by atoms with Crippen molar-refractivity contribution in [2.75, 3.05) is 6.61 Å². The van der Waals surface area contributed by atoms with Crippen molar-refractivity contribution < 1.29 is 37.0 Å². The van der Waals surface area contributed by atoms with Gasteiger partial charge in [-0.2, -0.15) is 13.2 Å². The lowest BCUT2D eigenvalue weighted by Crippen LogP contribution is -2.44. The summed E-state index contributed by atoms with van der Waals surface area (Å²) in [5.74, 6) is -4.94. The topological polar surface area (TPSA) is 61.8 Å². The van der Waals surface area contributed by atoms with Crippen molar-refractivity contribution in [1.82, 2.24) is 0 Å². The van der Waals surface area contributed by atoms with Crippen LogP contribution in [-0.4, -0.2) is 36.6 Å². The molecule has 0 aliphatic carbocycles. The third-order valence-electron chi connectivity index (χ3n) is 4.03. The van der Waals surface area contributed by atoms with Gasteiger partial charge in [0.15, 0.2) is 0 Å². The molecule has 3 rings (SSSR count). The molecule has 3 heterocycles. The number of esters is 2. The average Bonchev–Trinajstić information content (AvgIpc) is 2.99.